The zero-order chi connectivity index (χ0) is 14.2. The van der Waals surface area contributed by atoms with E-state index in [9.17, 15) is 0 Å². The third kappa shape index (κ3) is 4.12. The quantitative estimate of drug-likeness (QED) is 0.509. The number of nitrogens with zero attached hydrogens (tertiary/aromatic N) is 2. The van der Waals surface area contributed by atoms with Crippen molar-refractivity contribution >= 4 is 33.3 Å². The van der Waals surface area contributed by atoms with Crippen molar-refractivity contribution in [2.75, 3.05) is 21.7 Å². The van der Waals surface area contributed by atoms with Crippen molar-refractivity contribution in [3.63, 3.8) is 0 Å². The van der Waals surface area contributed by atoms with Crippen LogP contribution >= 0.6 is 22.0 Å². The number of benzene rings is 2. The Bertz CT molecular complexity index is 443. The smallest absolute Gasteiger partial charge is 0.0478 e. The van der Waals surface area contributed by atoms with Crippen LogP contribution < -0.4 is 8.61 Å². The highest BCUT2D eigenvalue weighted by Crippen LogP contribution is 2.36. The van der Waals surface area contributed by atoms with Crippen molar-refractivity contribution in [2.45, 2.75) is 13.8 Å². The van der Waals surface area contributed by atoms with Crippen molar-refractivity contribution < 1.29 is 0 Å². The molecular formula is C16H20N2S2. The molecule has 0 amide bonds. The van der Waals surface area contributed by atoms with Crippen molar-refractivity contribution in [2.24, 2.45) is 0 Å². The van der Waals surface area contributed by atoms with E-state index in [2.05, 4.69) is 83.1 Å². The van der Waals surface area contributed by atoms with E-state index in [0.29, 0.717) is 0 Å². The lowest BCUT2D eigenvalue weighted by Crippen LogP contribution is -2.16. The van der Waals surface area contributed by atoms with Crippen LogP contribution in [-0.4, -0.2) is 13.1 Å². The Morgan fingerprint density at radius 3 is 1.30 bits per heavy atom. The minimum absolute atomic E-state index is 0.980. The normalized spacial score (nSPS) is 10.3. The van der Waals surface area contributed by atoms with Crippen LogP contribution in [0.15, 0.2) is 60.7 Å². The fourth-order valence-corrected chi connectivity index (χ4v) is 4.24. The number of hydrogen-bond acceptors (Lipinski definition) is 4. The van der Waals surface area contributed by atoms with Crippen LogP contribution in [0, 0.1) is 0 Å². The summed E-state index contributed by atoms with van der Waals surface area (Å²) in [5, 5.41) is 0. The Morgan fingerprint density at radius 2 is 1.00 bits per heavy atom. The molecule has 106 valence electrons. The first-order chi connectivity index (χ1) is 9.85. The largest absolute Gasteiger partial charge is 0.306 e. The molecule has 0 aliphatic rings. The number of hydrogen-bond donors (Lipinski definition) is 0. The SMILES string of the molecule is CCN(SSN(CC)c1ccccc1)c1ccccc1. The van der Waals surface area contributed by atoms with Gasteiger partial charge in [-0.15, -0.1) is 0 Å². The summed E-state index contributed by atoms with van der Waals surface area (Å²) in [6, 6.07) is 21.0. The van der Waals surface area contributed by atoms with Crippen LogP contribution in [0.25, 0.3) is 0 Å². The second-order valence-electron chi connectivity index (χ2n) is 4.21. The summed E-state index contributed by atoms with van der Waals surface area (Å²) >= 11 is 0. The molecule has 2 nitrogen and oxygen atoms in total. The van der Waals surface area contributed by atoms with Gasteiger partial charge in [-0.05, 0) is 38.1 Å². The van der Waals surface area contributed by atoms with E-state index in [-0.39, 0.29) is 0 Å². The Kier molecular flexibility index (Phi) is 6.15. The van der Waals surface area contributed by atoms with E-state index in [1.807, 2.05) is 0 Å². The topological polar surface area (TPSA) is 6.48 Å². The summed E-state index contributed by atoms with van der Waals surface area (Å²) in [6.45, 7) is 6.32. The zero-order valence-electron chi connectivity index (χ0n) is 11.9. The highest BCUT2D eigenvalue weighted by atomic mass is 33.1. The van der Waals surface area contributed by atoms with E-state index < -0.39 is 0 Å². The molecule has 0 heterocycles. The van der Waals surface area contributed by atoms with E-state index in [4.69, 9.17) is 0 Å². The molecule has 0 N–H and O–H groups in total. The van der Waals surface area contributed by atoms with Gasteiger partial charge in [-0.3, -0.25) is 0 Å². The first kappa shape index (κ1) is 15.1. The monoisotopic (exact) mass is 304 g/mol. The first-order valence-electron chi connectivity index (χ1n) is 6.85. The highest BCUT2D eigenvalue weighted by Gasteiger charge is 2.10. The summed E-state index contributed by atoms with van der Waals surface area (Å²) in [5.41, 5.74) is 2.49. The van der Waals surface area contributed by atoms with Crippen molar-refractivity contribution in [3.05, 3.63) is 60.7 Å². The minimum Gasteiger partial charge on any atom is -0.306 e. The number of rotatable bonds is 7. The molecule has 0 unspecified atom stereocenters. The Morgan fingerprint density at radius 1 is 0.650 bits per heavy atom. The van der Waals surface area contributed by atoms with Gasteiger partial charge in [0.15, 0.2) is 0 Å². The molecule has 0 aliphatic carbocycles. The van der Waals surface area contributed by atoms with Gasteiger partial charge in [0.2, 0.25) is 0 Å². The predicted molar refractivity (Wildman–Crippen MR) is 94.1 cm³/mol. The van der Waals surface area contributed by atoms with Crippen LogP contribution in [0.2, 0.25) is 0 Å². The standard InChI is InChI=1S/C16H20N2S2/c1-3-17(15-11-7-5-8-12-15)19-20-18(4-2)16-13-9-6-10-14-16/h5-14H,3-4H2,1-2H3. The Hall–Kier alpha value is -1.26. The van der Waals surface area contributed by atoms with Gasteiger partial charge in [0, 0.05) is 46.4 Å². The number of anilines is 2. The number of para-hydroxylation sites is 2. The summed E-state index contributed by atoms with van der Waals surface area (Å²) < 4.78 is 4.60. The Labute approximate surface area is 129 Å². The van der Waals surface area contributed by atoms with Gasteiger partial charge in [0.25, 0.3) is 0 Å². The summed E-state index contributed by atoms with van der Waals surface area (Å²) in [5.74, 6) is 0. The summed E-state index contributed by atoms with van der Waals surface area (Å²) in [6.07, 6.45) is 0. The second kappa shape index (κ2) is 8.12. The fourth-order valence-electron chi connectivity index (χ4n) is 1.83. The van der Waals surface area contributed by atoms with Crippen LogP contribution in [0.1, 0.15) is 13.8 Å². The van der Waals surface area contributed by atoms with Crippen molar-refractivity contribution in [3.8, 4) is 0 Å². The molecule has 2 aromatic carbocycles. The van der Waals surface area contributed by atoms with Gasteiger partial charge in [-0.25, -0.2) is 0 Å². The second-order valence-corrected chi connectivity index (χ2v) is 6.28. The maximum Gasteiger partial charge on any atom is 0.0478 e. The van der Waals surface area contributed by atoms with Crippen LogP contribution in [0.3, 0.4) is 0 Å². The maximum absolute atomic E-state index is 2.30. The van der Waals surface area contributed by atoms with E-state index in [0.717, 1.165) is 13.1 Å². The average Bonchev–Trinajstić information content (AvgIpc) is 2.53. The van der Waals surface area contributed by atoms with Gasteiger partial charge in [-0.1, -0.05) is 36.4 Å². The lowest BCUT2D eigenvalue weighted by molar-refractivity contribution is 1.11. The van der Waals surface area contributed by atoms with Crippen molar-refractivity contribution in [1.29, 1.82) is 0 Å². The van der Waals surface area contributed by atoms with E-state index in [1.165, 1.54) is 11.4 Å². The molecule has 0 saturated carbocycles. The summed E-state index contributed by atoms with van der Waals surface area (Å²) in [4.78, 5) is 0. The first-order valence-corrected chi connectivity index (χ1v) is 8.91. The molecule has 2 aromatic rings. The lowest BCUT2D eigenvalue weighted by Gasteiger charge is -2.26. The molecule has 0 aliphatic heterocycles. The maximum atomic E-state index is 2.30. The molecule has 2 rings (SSSR count). The molecule has 20 heavy (non-hydrogen) atoms. The fraction of sp³-hybridized carbons (Fsp3) is 0.250. The predicted octanol–water partition coefficient (Wildman–Crippen LogP) is 5.25. The van der Waals surface area contributed by atoms with Crippen LogP contribution in [0.4, 0.5) is 11.4 Å². The average molecular weight is 304 g/mol. The molecule has 4 heteroatoms. The highest BCUT2D eigenvalue weighted by molar-refractivity contribution is 8.77. The third-order valence-corrected chi connectivity index (χ3v) is 5.52. The van der Waals surface area contributed by atoms with E-state index >= 15 is 0 Å². The van der Waals surface area contributed by atoms with Crippen LogP contribution in [0.5, 0.6) is 0 Å². The Balaban J connectivity index is 1.99. The van der Waals surface area contributed by atoms with E-state index in [1.54, 1.807) is 22.0 Å². The van der Waals surface area contributed by atoms with Gasteiger partial charge < -0.3 is 8.61 Å². The molecule has 0 atom stereocenters. The molecule has 0 fully saturated rings. The molecular weight excluding hydrogens is 284 g/mol. The van der Waals surface area contributed by atoms with Gasteiger partial charge in [0.05, 0.1) is 0 Å². The van der Waals surface area contributed by atoms with Crippen molar-refractivity contribution in [1.82, 2.24) is 0 Å². The van der Waals surface area contributed by atoms with Crippen LogP contribution in [-0.2, 0) is 0 Å². The molecule has 0 radical (unpaired) electrons. The molecule has 0 bridgehead atoms. The molecule has 0 saturated heterocycles. The van der Waals surface area contributed by atoms with Gasteiger partial charge in [-0.2, -0.15) is 0 Å². The molecule has 0 aromatic heterocycles. The summed E-state index contributed by atoms with van der Waals surface area (Å²) in [7, 11) is 3.56. The molecule has 0 spiro atoms. The van der Waals surface area contributed by atoms with Gasteiger partial charge >= 0.3 is 0 Å². The third-order valence-electron chi connectivity index (χ3n) is 2.88. The lowest BCUT2D eigenvalue weighted by atomic mass is 10.3. The van der Waals surface area contributed by atoms with Gasteiger partial charge in [0.1, 0.15) is 0 Å². The zero-order valence-corrected chi connectivity index (χ0v) is 13.5. The minimum atomic E-state index is 0.980.